The van der Waals surface area contributed by atoms with E-state index in [0.29, 0.717) is 11.7 Å². The lowest BCUT2D eigenvalue weighted by Gasteiger charge is -2.39. The van der Waals surface area contributed by atoms with Crippen molar-refractivity contribution in [1.82, 2.24) is 9.99 Å². The van der Waals surface area contributed by atoms with Crippen molar-refractivity contribution in [2.24, 2.45) is 0 Å². The first-order valence-electron chi connectivity index (χ1n) is 18.5. The molecule has 3 unspecified atom stereocenters. The quantitative estimate of drug-likeness (QED) is 0.0433. The highest BCUT2D eigenvalue weighted by Crippen LogP contribution is 2.48. The van der Waals surface area contributed by atoms with E-state index in [0.717, 1.165) is 47.5 Å². The van der Waals surface area contributed by atoms with Gasteiger partial charge in [-0.05, 0) is 87.9 Å². The highest BCUT2D eigenvalue weighted by Gasteiger charge is 2.40. The van der Waals surface area contributed by atoms with E-state index >= 15 is 0 Å². The van der Waals surface area contributed by atoms with Crippen molar-refractivity contribution in [1.29, 1.82) is 5.26 Å². The molecule has 0 spiro atoms. The summed E-state index contributed by atoms with van der Waals surface area (Å²) in [5, 5.41) is 13.2. The SMILES string of the molecule is COc1ccc(C(OCC(CNC(=O)CCCCC2CCSS2)OP(OCCC#N)N(C(C)C)C(C)C)(c2ccccc2)c2ccc(OC)cc2)cc1. The molecule has 1 aliphatic heterocycles. The van der Waals surface area contributed by atoms with E-state index in [-0.39, 0.29) is 44.2 Å². The molecule has 1 saturated heterocycles. The minimum Gasteiger partial charge on any atom is -0.497 e. The van der Waals surface area contributed by atoms with Gasteiger partial charge in [0.25, 0.3) is 8.53 Å². The average molecular weight is 782 g/mol. The summed E-state index contributed by atoms with van der Waals surface area (Å²) in [5.41, 5.74) is 1.65. The molecule has 9 nitrogen and oxygen atoms in total. The number of nitriles is 1. The van der Waals surface area contributed by atoms with Crippen LogP contribution in [0.15, 0.2) is 78.9 Å². The number of carbonyl (C=O) groups is 1. The van der Waals surface area contributed by atoms with Crippen molar-refractivity contribution in [2.45, 2.75) is 95.3 Å². The molecule has 1 fully saturated rings. The standard InChI is InChI=1S/C41H56N3O6PS2/c1-31(2)44(32(3)4)51(49-27-12-26-42)50-38(29-43-40(45)16-11-10-15-39-25-28-52-53-39)30-48-41(33-13-8-7-9-14-33,34-17-21-36(46-5)22-18-34)35-19-23-37(47-6)24-20-35/h7-9,13-14,17-24,31-32,38-39H,10-12,15-16,25,27-30H2,1-6H3,(H,43,45). The molecule has 4 rings (SSSR count). The zero-order valence-corrected chi connectivity index (χ0v) is 34.5. The van der Waals surface area contributed by atoms with E-state index in [2.05, 4.69) is 55.9 Å². The third kappa shape index (κ3) is 12.6. The molecule has 1 heterocycles. The lowest BCUT2D eigenvalue weighted by atomic mass is 9.80. The summed E-state index contributed by atoms with van der Waals surface area (Å²) in [4.78, 5) is 13.3. The fourth-order valence-corrected chi connectivity index (χ4v) is 11.1. The van der Waals surface area contributed by atoms with Gasteiger partial charge in [-0.3, -0.25) is 4.79 Å². The molecule has 0 aliphatic carbocycles. The Morgan fingerprint density at radius 2 is 1.53 bits per heavy atom. The van der Waals surface area contributed by atoms with Crippen molar-refractivity contribution in [2.75, 3.05) is 39.7 Å². The number of amides is 1. The Morgan fingerprint density at radius 3 is 2.06 bits per heavy atom. The number of unbranched alkanes of at least 4 members (excludes halogenated alkanes) is 1. The number of rotatable bonds is 23. The zero-order valence-electron chi connectivity index (χ0n) is 32.0. The van der Waals surface area contributed by atoms with Gasteiger partial charge in [-0.1, -0.05) is 82.6 Å². The van der Waals surface area contributed by atoms with Crippen LogP contribution >= 0.6 is 30.1 Å². The predicted molar refractivity (Wildman–Crippen MR) is 218 cm³/mol. The first-order valence-corrected chi connectivity index (χ1v) is 22.0. The highest BCUT2D eigenvalue weighted by atomic mass is 33.1. The van der Waals surface area contributed by atoms with Crippen LogP contribution in [0.5, 0.6) is 11.5 Å². The average Bonchev–Trinajstić information content (AvgIpc) is 3.70. The van der Waals surface area contributed by atoms with Crippen LogP contribution in [0, 0.1) is 11.3 Å². The molecule has 3 aromatic rings. The van der Waals surface area contributed by atoms with Gasteiger partial charge in [0.05, 0.1) is 39.9 Å². The Kier molecular flexibility index (Phi) is 18.3. The summed E-state index contributed by atoms with van der Waals surface area (Å²) in [6, 6.07) is 28.3. The van der Waals surface area contributed by atoms with Gasteiger partial charge in [0, 0.05) is 36.1 Å². The fraction of sp³-hybridized carbons (Fsp3) is 0.512. The minimum atomic E-state index is -1.61. The Bertz CT molecular complexity index is 1480. The van der Waals surface area contributed by atoms with E-state index in [9.17, 15) is 10.1 Å². The normalized spacial score (nSPS) is 15.7. The maximum Gasteiger partial charge on any atom is 0.259 e. The molecule has 1 aliphatic rings. The molecule has 0 saturated carbocycles. The molecule has 53 heavy (non-hydrogen) atoms. The minimum absolute atomic E-state index is 0.00835. The predicted octanol–water partition coefficient (Wildman–Crippen LogP) is 9.50. The van der Waals surface area contributed by atoms with E-state index in [1.165, 1.54) is 12.2 Å². The molecule has 12 heteroatoms. The van der Waals surface area contributed by atoms with E-state index in [4.69, 9.17) is 23.3 Å². The highest BCUT2D eigenvalue weighted by molar-refractivity contribution is 8.77. The monoisotopic (exact) mass is 781 g/mol. The molecule has 0 aromatic heterocycles. The molecule has 3 aromatic carbocycles. The topological polar surface area (TPSA) is 102 Å². The van der Waals surface area contributed by atoms with Gasteiger partial charge in [-0.25, -0.2) is 4.67 Å². The van der Waals surface area contributed by atoms with Crippen molar-refractivity contribution < 1.29 is 28.1 Å². The maximum atomic E-state index is 13.3. The number of benzene rings is 3. The number of methoxy groups -OCH3 is 2. The second-order valence-electron chi connectivity index (χ2n) is 13.5. The Labute approximate surface area is 326 Å². The third-order valence-electron chi connectivity index (χ3n) is 8.99. The van der Waals surface area contributed by atoms with Gasteiger partial charge in [-0.2, -0.15) is 5.26 Å². The first-order chi connectivity index (χ1) is 25.7. The van der Waals surface area contributed by atoms with Crippen LogP contribution in [-0.4, -0.2) is 73.7 Å². The lowest BCUT2D eigenvalue weighted by molar-refractivity contribution is -0.122. The summed E-state index contributed by atoms with van der Waals surface area (Å²) >= 11 is 0. The largest absolute Gasteiger partial charge is 0.497 e. The summed E-state index contributed by atoms with van der Waals surface area (Å²) in [5.74, 6) is 2.68. The molecular weight excluding hydrogens is 726 g/mol. The number of nitrogens with zero attached hydrogens (tertiary/aromatic N) is 2. The maximum absolute atomic E-state index is 13.3. The van der Waals surface area contributed by atoms with Gasteiger partial charge >= 0.3 is 0 Å². The molecular formula is C41H56N3O6PS2. The smallest absolute Gasteiger partial charge is 0.259 e. The van der Waals surface area contributed by atoms with Crippen LogP contribution < -0.4 is 14.8 Å². The molecule has 1 N–H and O–H groups in total. The summed E-state index contributed by atoms with van der Waals surface area (Å²) in [6.45, 7) is 9.02. The number of hydrogen-bond donors (Lipinski definition) is 1. The van der Waals surface area contributed by atoms with Crippen molar-refractivity contribution in [3.63, 3.8) is 0 Å². The summed E-state index contributed by atoms with van der Waals surface area (Å²) < 4.78 is 33.7. The van der Waals surface area contributed by atoms with Crippen molar-refractivity contribution >= 4 is 36.0 Å². The van der Waals surface area contributed by atoms with E-state index in [1.54, 1.807) is 14.2 Å². The Morgan fingerprint density at radius 1 is 0.925 bits per heavy atom. The summed E-state index contributed by atoms with van der Waals surface area (Å²) in [6.07, 6.45) is 4.40. The number of hydrogen-bond acceptors (Lipinski definition) is 10. The second kappa shape index (κ2) is 22.5. The molecule has 1 amide bonds. The van der Waals surface area contributed by atoms with Crippen LogP contribution in [0.3, 0.4) is 0 Å². The molecule has 0 bridgehead atoms. The van der Waals surface area contributed by atoms with Crippen LogP contribution in [0.25, 0.3) is 0 Å². The Balaban J connectivity index is 1.68. The van der Waals surface area contributed by atoms with Crippen LogP contribution in [-0.2, 0) is 24.2 Å². The van der Waals surface area contributed by atoms with Gasteiger partial charge in [0.1, 0.15) is 23.2 Å². The van der Waals surface area contributed by atoms with Crippen LogP contribution in [0.2, 0.25) is 0 Å². The number of nitrogens with one attached hydrogen (secondary N) is 1. The van der Waals surface area contributed by atoms with Crippen LogP contribution in [0.4, 0.5) is 0 Å². The first kappa shape index (κ1) is 42.9. The van der Waals surface area contributed by atoms with Gasteiger partial charge in [0.15, 0.2) is 0 Å². The van der Waals surface area contributed by atoms with E-state index in [1.807, 2.05) is 88.3 Å². The molecule has 0 radical (unpaired) electrons. The van der Waals surface area contributed by atoms with Crippen molar-refractivity contribution in [3.8, 4) is 17.6 Å². The van der Waals surface area contributed by atoms with E-state index < -0.39 is 20.2 Å². The third-order valence-corrected chi connectivity index (χ3v) is 14.2. The second-order valence-corrected chi connectivity index (χ2v) is 17.7. The molecule has 3 atom stereocenters. The fourth-order valence-electron chi connectivity index (χ4n) is 6.38. The van der Waals surface area contributed by atoms with Crippen LogP contribution in [0.1, 0.15) is 82.9 Å². The number of carbonyl (C=O) groups excluding carboxylic acids is 1. The molecule has 288 valence electrons. The van der Waals surface area contributed by atoms with Gasteiger partial charge < -0.3 is 28.6 Å². The van der Waals surface area contributed by atoms with Crippen molar-refractivity contribution in [3.05, 3.63) is 95.6 Å². The summed E-state index contributed by atoms with van der Waals surface area (Å²) in [7, 11) is 5.62. The lowest BCUT2D eigenvalue weighted by Crippen LogP contribution is -2.42. The number of ether oxygens (including phenoxy) is 3. The Hall–Kier alpha value is -2.81. The van der Waals surface area contributed by atoms with Gasteiger partial charge in [-0.15, -0.1) is 0 Å². The zero-order chi connectivity index (χ0) is 38.1. The van der Waals surface area contributed by atoms with Gasteiger partial charge in [0.2, 0.25) is 5.91 Å².